The number of rotatable bonds is 1. The molecular weight excluding hydrogens is 154 g/mol. The maximum Gasteiger partial charge on any atom is 0.171 e. The molecule has 0 aliphatic carbocycles. The average molecular weight is 160 g/mol. The Balaban J connectivity index is 3.04. The molecule has 0 amide bonds. The smallest absolute Gasteiger partial charge is 0.171 e. The average Bonchev–Trinajstić information content (AvgIpc) is 1.95. The zero-order valence-corrected chi connectivity index (χ0v) is 6.09. The zero-order chi connectivity index (χ0) is 7.56. The van der Waals surface area contributed by atoms with Crippen molar-refractivity contribution in [3.8, 4) is 11.5 Å². The van der Waals surface area contributed by atoms with E-state index in [0.717, 1.165) is 0 Å². The molecule has 1 aromatic rings. The van der Waals surface area contributed by atoms with Crippen LogP contribution in [0.2, 0.25) is 5.15 Å². The molecule has 1 N–H and O–H groups in total. The van der Waals surface area contributed by atoms with Crippen LogP contribution in [0.25, 0.3) is 0 Å². The van der Waals surface area contributed by atoms with E-state index in [-0.39, 0.29) is 10.9 Å². The standard InChI is InChI=1S/C6H6ClNO2/c1-10-4-2-5(9)6(7)8-3-4/h2-3,9H,1H3. The lowest BCUT2D eigenvalue weighted by Crippen LogP contribution is -1.83. The van der Waals surface area contributed by atoms with Gasteiger partial charge in [0, 0.05) is 6.07 Å². The molecule has 0 radical (unpaired) electrons. The summed E-state index contributed by atoms with van der Waals surface area (Å²) in [5.41, 5.74) is 0. The van der Waals surface area contributed by atoms with E-state index in [0.29, 0.717) is 5.75 Å². The Morgan fingerprint density at radius 2 is 2.40 bits per heavy atom. The molecule has 0 aliphatic rings. The third kappa shape index (κ3) is 1.30. The number of aromatic nitrogens is 1. The fourth-order valence-electron chi connectivity index (χ4n) is 0.530. The van der Waals surface area contributed by atoms with E-state index >= 15 is 0 Å². The minimum absolute atomic E-state index is 0.0685. The van der Waals surface area contributed by atoms with Crippen LogP contribution in [0.3, 0.4) is 0 Å². The van der Waals surface area contributed by atoms with Gasteiger partial charge in [0.25, 0.3) is 0 Å². The van der Waals surface area contributed by atoms with Gasteiger partial charge in [-0.2, -0.15) is 0 Å². The van der Waals surface area contributed by atoms with Crippen molar-refractivity contribution in [3.05, 3.63) is 17.4 Å². The van der Waals surface area contributed by atoms with Crippen molar-refractivity contribution in [2.75, 3.05) is 7.11 Å². The molecule has 0 atom stereocenters. The number of hydrogen-bond donors (Lipinski definition) is 1. The second kappa shape index (κ2) is 2.75. The van der Waals surface area contributed by atoms with Gasteiger partial charge < -0.3 is 9.84 Å². The number of aromatic hydroxyl groups is 1. The SMILES string of the molecule is COc1cnc(Cl)c(O)c1. The summed E-state index contributed by atoms with van der Waals surface area (Å²) in [7, 11) is 1.49. The lowest BCUT2D eigenvalue weighted by Gasteiger charge is -1.98. The number of pyridine rings is 1. The number of hydrogen-bond acceptors (Lipinski definition) is 3. The predicted molar refractivity (Wildman–Crippen MR) is 37.5 cm³/mol. The van der Waals surface area contributed by atoms with E-state index in [1.165, 1.54) is 19.4 Å². The molecule has 1 heterocycles. The molecular formula is C6H6ClNO2. The summed E-state index contributed by atoms with van der Waals surface area (Å²) in [6, 6.07) is 1.40. The van der Waals surface area contributed by atoms with Crippen molar-refractivity contribution >= 4 is 11.6 Å². The van der Waals surface area contributed by atoms with E-state index < -0.39 is 0 Å². The molecule has 1 rings (SSSR count). The topological polar surface area (TPSA) is 42.4 Å². The van der Waals surface area contributed by atoms with Crippen molar-refractivity contribution in [1.82, 2.24) is 4.98 Å². The third-order valence-corrected chi connectivity index (χ3v) is 1.32. The summed E-state index contributed by atoms with van der Waals surface area (Å²) in [5, 5.41) is 9.04. The van der Waals surface area contributed by atoms with Gasteiger partial charge in [0.2, 0.25) is 0 Å². The van der Waals surface area contributed by atoms with Crippen molar-refractivity contribution < 1.29 is 9.84 Å². The number of ether oxygens (including phenoxy) is 1. The van der Waals surface area contributed by atoms with E-state index in [4.69, 9.17) is 21.4 Å². The highest BCUT2D eigenvalue weighted by Crippen LogP contribution is 2.23. The van der Waals surface area contributed by atoms with E-state index in [2.05, 4.69) is 4.98 Å². The summed E-state index contributed by atoms with van der Waals surface area (Å²) < 4.78 is 4.77. The summed E-state index contributed by atoms with van der Waals surface area (Å²) in [6.45, 7) is 0. The molecule has 0 fully saturated rings. The Kier molecular flexibility index (Phi) is 1.97. The first-order chi connectivity index (χ1) is 4.74. The molecule has 0 bridgehead atoms. The maximum atomic E-state index is 8.96. The van der Waals surface area contributed by atoms with Crippen molar-refractivity contribution in [2.45, 2.75) is 0 Å². The minimum atomic E-state index is -0.0685. The van der Waals surface area contributed by atoms with Crippen LogP contribution in [0.5, 0.6) is 11.5 Å². The van der Waals surface area contributed by atoms with E-state index in [1.54, 1.807) is 0 Å². The number of methoxy groups -OCH3 is 1. The quantitative estimate of drug-likeness (QED) is 0.631. The van der Waals surface area contributed by atoms with Crippen molar-refractivity contribution in [3.63, 3.8) is 0 Å². The zero-order valence-electron chi connectivity index (χ0n) is 5.34. The van der Waals surface area contributed by atoms with Gasteiger partial charge in [-0.15, -0.1) is 0 Å². The first-order valence-electron chi connectivity index (χ1n) is 2.62. The normalized spacial score (nSPS) is 9.40. The fourth-order valence-corrected chi connectivity index (χ4v) is 0.633. The van der Waals surface area contributed by atoms with Crippen LogP contribution in [0.1, 0.15) is 0 Å². The lowest BCUT2D eigenvalue weighted by molar-refractivity contribution is 0.405. The molecule has 0 saturated carbocycles. The summed E-state index contributed by atoms with van der Waals surface area (Å²) in [4.78, 5) is 3.64. The van der Waals surface area contributed by atoms with Crippen LogP contribution in [-0.2, 0) is 0 Å². The molecule has 1 aromatic heterocycles. The van der Waals surface area contributed by atoms with Crippen LogP contribution in [0.15, 0.2) is 12.3 Å². The molecule has 54 valence electrons. The highest BCUT2D eigenvalue weighted by atomic mass is 35.5. The molecule has 0 spiro atoms. The Morgan fingerprint density at radius 1 is 1.70 bits per heavy atom. The molecule has 3 nitrogen and oxygen atoms in total. The maximum absolute atomic E-state index is 8.96. The first-order valence-corrected chi connectivity index (χ1v) is 3.00. The highest BCUT2D eigenvalue weighted by Gasteiger charge is 1.99. The number of halogens is 1. The van der Waals surface area contributed by atoms with Gasteiger partial charge in [-0.25, -0.2) is 4.98 Å². The first kappa shape index (κ1) is 7.15. The van der Waals surface area contributed by atoms with E-state index in [9.17, 15) is 0 Å². The summed E-state index contributed by atoms with van der Waals surface area (Å²) in [6.07, 6.45) is 1.43. The monoisotopic (exact) mass is 159 g/mol. The van der Waals surface area contributed by atoms with Crippen molar-refractivity contribution in [2.24, 2.45) is 0 Å². The van der Waals surface area contributed by atoms with Crippen LogP contribution in [0, 0.1) is 0 Å². The van der Waals surface area contributed by atoms with Crippen LogP contribution >= 0.6 is 11.6 Å². The minimum Gasteiger partial charge on any atom is -0.505 e. The molecule has 4 heteroatoms. The van der Waals surface area contributed by atoms with Crippen LogP contribution in [-0.4, -0.2) is 17.2 Å². The fraction of sp³-hybridized carbons (Fsp3) is 0.167. The number of nitrogens with zero attached hydrogens (tertiary/aromatic N) is 1. The largest absolute Gasteiger partial charge is 0.505 e. The van der Waals surface area contributed by atoms with Crippen LogP contribution in [0.4, 0.5) is 0 Å². The molecule has 0 aromatic carbocycles. The van der Waals surface area contributed by atoms with Gasteiger partial charge in [-0.3, -0.25) is 0 Å². The van der Waals surface area contributed by atoms with Gasteiger partial charge >= 0.3 is 0 Å². The molecule has 0 unspecified atom stereocenters. The van der Waals surface area contributed by atoms with Crippen LogP contribution < -0.4 is 4.74 Å². The van der Waals surface area contributed by atoms with Gasteiger partial charge in [0.15, 0.2) is 10.9 Å². The second-order valence-corrected chi connectivity index (χ2v) is 2.04. The van der Waals surface area contributed by atoms with Crippen molar-refractivity contribution in [1.29, 1.82) is 0 Å². The van der Waals surface area contributed by atoms with Gasteiger partial charge in [-0.1, -0.05) is 11.6 Å². The molecule has 0 saturated heterocycles. The Hall–Kier alpha value is -0.960. The predicted octanol–water partition coefficient (Wildman–Crippen LogP) is 1.45. The Bertz CT molecular complexity index is 239. The summed E-state index contributed by atoms with van der Waals surface area (Å²) in [5.74, 6) is 0.419. The van der Waals surface area contributed by atoms with Gasteiger partial charge in [-0.05, 0) is 0 Å². The third-order valence-electron chi connectivity index (χ3n) is 1.03. The molecule has 0 aliphatic heterocycles. The Morgan fingerprint density at radius 3 is 2.90 bits per heavy atom. The Labute approximate surface area is 63.2 Å². The summed E-state index contributed by atoms with van der Waals surface area (Å²) >= 11 is 5.42. The lowest BCUT2D eigenvalue weighted by atomic mass is 10.4. The van der Waals surface area contributed by atoms with Gasteiger partial charge in [0.05, 0.1) is 13.3 Å². The molecule has 10 heavy (non-hydrogen) atoms. The highest BCUT2D eigenvalue weighted by molar-refractivity contribution is 6.30. The van der Waals surface area contributed by atoms with E-state index in [1.807, 2.05) is 0 Å². The van der Waals surface area contributed by atoms with Gasteiger partial charge in [0.1, 0.15) is 5.75 Å². The second-order valence-electron chi connectivity index (χ2n) is 1.69.